The molecule has 0 fully saturated rings. The molecule has 0 radical (unpaired) electrons. The predicted molar refractivity (Wildman–Crippen MR) is 114 cm³/mol. The minimum Gasteiger partial charge on any atom is -0.485 e. The Morgan fingerprint density at radius 2 is 1.97 bits per heavy atom. The van der Waals surface area contributed by atoms with Gasteiger partial charge in [0, 0.05) is 11.1 Å². The summed E-state index contributed by atoms with van der Waals surface area (Å²) in [7, 11) is 0. The van der Waals surface area contributed by atoms with Crippen LogP contribution in [0.1, 0.15) is 53.5 Å². The third-order valence-electron chi connectivity index (χ3n) is 4.12. The highest BCUT2D eigenvalue weighted by molar-refractivity contribution is 5.90. The molecular weight excluding hydrogens is 370 g/mol. The summed E-state index contributed by atoms with van der Waals surface area (Å²) in [6, 6.07) is 6.99. The van der Waals surface area contributed by atoms with E-state index in [1.807, 2.05) is 51.1 Å². The summed E-state index contributed by atoms with van der Waals surface area (Å²) in [4.78, 5) is 24.6. The molecule has 0 spiro atoms. The molecule has 1 aromatic rings. The van der Waals surface area contributed by atoms with Crippen molar-refractivity contribution in [2.24, 2.45) is 11.0 Å². The quantitative estimate of drug-likeness (QED) is 0.559. The summed E-state index contributed by atoms with van der Waals surface area (Å²) >= 11 is 0. The lowest BCUT2D eigenvalue weighted by Gasteiger charge is -2.24. The number of rotatable bonds is 6. The van der Waals surface area contributed by atoms with Crippen LogP contribution in [0.4, 0.5) is 4.79 Å². The monoisotopic (exact) mass is 401 g/mol. The zero-order chi connectivity index (χ0) is 21.6. The molecule has 1 aliphatic heterocycles. The fourth-order valence-corrected chi connectivity index (χ4v) is 2.81. The molecule has 7 nitrogen and oxygen atoms in total. The second kappa shape index (κ2) is 9.58. The van der Waals surface area contributed by atoms with Crippen LogP contribution in [0.5, 0.6) is 5.75 Å². The number of nitrogens with zero attached hydrogens (tertiary/aromatic N) is 1. The number of hydrogen-bond acceptors (Lipinski definition) is 5. The average molecular weight is 402 g/mol. The van der Waals surface area contributed by atoms with Crippen molar-refractivity contribution in [2.45, 2.75) is 65.7 Å². The van der Waals surface area contributed by atoms with Gasteiger partial charge in [-0.2, -0.15) is 5.10 Å². The van der Waals surface area contributed by atoms with E-state index in [4.69, 9.17) is 9.47 Å². The van der Waals surface area contributed by atoms with Crippen molar-refractivity contribution >= 4 is 24.3 Å². The summed E-state index contributed by atoms with van der Waals surface area (Å²) < 4.78 is 11.1. The molecule has 0 bridgehead atoms. The number of carbonyl (C=O) groups excluding carboxylic acids is 2. The molecule has 2 N–H and O–H groups in total. The number of alkyl carbamates (subject to hydrolysis) is 1. The molecule has 2 rings (SSSR count). The number of ether oxygens (including phenoxy) is 2. The van der Waals surface area contributed by atoms with Gasteiger partial charge in [-0.3, -0.25) is 4.79 Å². The fourth-order valence-electron chi connectivity index (χ4n) is 2.81. The largest absolute Gasteiger partial charge is 0.485 e. The summed E-state index contributed by atoms with van der Waals surface area (Å²) in [6.45, 7) is 11.2. The van der Waals surface area contributed by atoms with E-state index < -0.39 is 23.6 Å². The first kappa shape index (κ1) is 22.5. The van der Waals surface area contributed by atoms with Crippen molar-refractivity contribution in [3.8, 4) is 5.75 Å². The number of benzene rings is 1. The van der Waals surface area contributed by atoms with Gasteiger partial charge in [0.25, 0.3) is 5.91 Å². The Morgan fingerprint density at radius 1 is 1.28 bits per heavy atom. The maximum Gasteiger partial charge on any atom is 0.408 e. The van der Waals surface area contributed by atoms with Crippen LogP contribution in [0.15, 0.2) is 34.9 Å². The van der Waals surface area contributed by atoms with E-state index in [1.165, 1.54) is 0 Å². The van der Waals surface area contributed by atoms with Crippen LogP contribution in [0.3, 0.4) is 0 Å². The first-order chi connectivity index (χ1) is 13.5. The van der Waals surface area contributed by atoms with Gasteiger partial charge in [0.2, 0.25) is 0 Å². The van der Waals surface area contributed by atoms with Gasteiger partial charge in [0.1, 0.15) is 23.5 Å². The molecule has 1 aliphatic rings. The van der Waals surface area contributed by atoms with Crippen molar-refractivity contribution in [3.05, 3.63) is 35.4 Å². The molecule has 7 heteroatoms. The highest BCUT2D eigenvalue weighted by Gasteiger charge is 2.25. The Kier molecular flexibility index (Phi) is 7.42. The van der Waals surface area contributed by atoms with Crippen molar-refractivity contribution in [1.82, 2.24) is 10.7 Å². The summed E-state index contributed by atoms with van der Waals surface area (Å²) in [5, 5.41) is 6.69. The van der Waals surface area contributed by atoms with E-state index in [0.29, 0.717) is 6.42 Å². The molecule has 0 saturated heterocycles. The summed E-state index contributed by atoms with van der Waals surface area (Å²) in [5.41, 5.74) is 3.67. The number of hydrogen-bond donors (Lipinski definition) is 2. The van der Waals surface area contributed by atoms with E-state index in [9.17, 15) is 9.59 Å². The molecule has 0 aliphatic carbocycles. The first-order valence-corrected chi connectivity index (χ1v) is 9.85. The maximum atomic E-state index is 12.6. The zero-order valence-corrected chi connectivity index (χ0v) is 18.0. The molecule has 0 unspecified atom stereocenters. The minimum absolute atomic E-state index is 0.183. The summed E-state index contributed by atoms with van der Waals surface area (Å²) in [5.74, 6) is 0.626. The van der Waals surface area contributed by atoms with Crippen LogP contribution in [-0.4, -0.2) is 36.0 Å². The van der Waals surface area contributed by atoms with Gasteiger partial charge in [0.05, 0.1) is 6.21 Å². The van der Waals surface area contributed by atoms with Gasteiger partial charge >= 0.3 is 6.09 Å². The van der Waals surface area contributed by atoms with E-state index in [1.54, 1.807) is 27.0 Å². The number of fused-ring (bicyclic) bond motifs is 1. The lowest BCUT2D eigenvalue weighted by Crippen LogP contribution is -2.47. The Labute approximate surface area is 172 Å². The molecule has 0 saturated carbocycles. The van der Waals surface area contributed by atoms with E-state index >= 15 is 0 Å². The molecule has 29 heavy (non-hydrogen) atoms. The third kappa shape index (κ3) is 7.25. The number of nitrogens with one attached hydrogen (secondary N) is 2. The highest BCUT2D eigenvalue weighted by Crippen LogP contribution is 2.28. The molecule has 2 atom stereocenters. The van der Waals surface area contributed by atoms with Crippen molar-refractivity contribution < 1.29 is 19.1 Å². The van der Waals surface area contributed by atoms with Crippen LogP contribution in [0, 0.1) is 5.92 Å². The SMILES string of the molecule is CC(C)C[C@@H](NC(=O)OC(C)(C)C)C(=O)N/N=C\C1=Cc2ccccc2O[C@H]1C. The maximum absolute atomic E-state index is 12.6. The molecule has 1 heterocycles. The lowest BCUT2D eigenvalue weighted by molar-refractivity contribution is -0.123. The van der Waals surface area contributed by atoms with Crippen LogP contribution in [0.25, 0.3) is 6.08 Å². The second-order valence-electron chi connectivity index (χ2n) is 8.50. The highest BCUT2D eigenvalue weighted by atomic mass is 16.6. The molecule has 158 valence electrons. The Morgan fingerprint density at radius 3 is 2.62 bits per heavy atom. The Hall–Kier alpha value is -2.83. The smallest absolute Gasteiger partial charge is 0.408 e. The van der Waals surface area contributed by atoms with Gasteiger partial charge < -0.3 is 14.8 Å². The van der Waals surface area contributed by atoms with Gasteiger partial charge in [-0.1, -0.05) is 32.0 Å². The number of hydrazone groups is 1. The van der Waals surface area contributed by atoms with E-state index in [-0.39, 0.29) is 12.0 Å². The number of amides is 2. The summed E-state index contributed by atoms with van der Waals surface area (Å²) in [6.07, 6.45) is 3.20. The lowest BCUT2D eigenvalue weighted by atomic mass is 10.0. The van der Waals surface area contributed by atoms with Crippen molar-refractivity contribution in [1.29, 1.82) is 0 Å². The van der Waals surface area contributed by atoms with Crippen molar-refractivity contribution in [3.63, 3.8) is 0 Å². The Bertz CT molecular complexity index is 793. The minimum atomic E-state index is -0.739. The van der Waals surface area contributed by atoms with Crippen LogP contribution >= 0.6 is 0 Å². The topological polar surface area (TPSA) is 89.0 Å². The van der Waals surface area contributed by atoms with Crippen molar-refractivity contribution in [2.75, 3.05) is 0 Å². The molecule has 1 aromatic carbocycles. The average Bonchev–Trinajstić information content (AvgIpc) is 2.59. The molecule has 2 amide bonds. The van der Waals surface area contributed by atoms with Gasteiger partial charge in [-0.15, -0.1) is 0 Å². The third-order valence-corrected chi connectivity index (χ3v) is 4.12. The Balaban J connectivity index is 2.02. The molecule has 0 aromatic heterocycles. The van der Waals surface area contributed by atoms with Crippen LogP contribution in [-0.2, 0) is 9.53 Å². The fraction of sp³-hybridized carbons (Fsp3) is 0.500. The van der Waals surface area contributed by atoms with Crippen LogP contribution < -0.4 is 15.5 Å². The van der Waals surface area contributed by atoms with E-state index in [0.717, 1.165) is 16.9 Å². The zero-order valence-electron chi connectivity index (χ0n) is 18.0. The second-order valence-corrected chi connectivity index (χ2v) is 8.50. The standard InChI is InChI=1S/C22H31N3O4/c1-14(2)11-18(24-21(27)29-22(4,5)6)20(26)25-23-13-17-12-16-9-7-8-10-19(16)28-15(17)3/h7-10,12-15,18H,11H2,1-6H3,(H,24,27)(H,25,26)/b23-13-/t15-,18+/m0/s1. The number of carbonyl (C=O) groups is 2. The van der Waals surface area contributed by atoms with Gasteiger partial charge in [0.15, 0.2) is 0 Å². The van der Waals surface area contributed by atoms with Gasteiger partial charge in [-0.05, 0) is 52.2 Å². The number of para-hydroxylation sites is 1. The van der Waals surface area contributed by atoms with Gasteiger partial charge in [-0.25, -0.2) is 10.2 Å². The predicted octanol–water partition coefficient (Wildman–Crippen LogP) is 3.89. The van der Waals surface area contributed by atoms with Crippen LogP contribution in [0.2, 0.25) is 0 Å². The first-order valence-electron chi connectivity index (χ1n) is 9.85. The van der Waals surface area contributed by atoms with E-state index in [2.05, 4.69) is 15.8 Å². The normalized spacial score (nSPS) is 17.2. The molecular formula is C22H31N3O4.